The number of pyridine rings is 1. The van der Waals surface area contributed by atoms with E-state index in [0.29, 0.717) is 29.6 Å². The molecule has 0 saturated heterocycles. The number of benzene rings is 1. The zero-order valence-corrected chi connectivity index (χ0v) is 20.4. The van der Waals surface area contributed by atoms with Gasteiger partial charge in [-0.1, -0.05) is 18.5 Å². The lowest BCUT2D eigenvalue weighted by Gasteiger charge is -2.15. The van der Waals surface area contributed by atoms with Crippen LogP contribution in [0, 0.1) is 5.82 Å². The first kappa shape index (κ1) is 23.0. The largest absolute Gasteiger partial charge is 0.481 e. The number of nitrogens with zero attached hydrogens (tertiary/aromatic N) is 8. The van der Waals surface area contributed by atoms with E-state index >= 15 is 4.39 Å². The Morgan fingerprint density at radius 1 is 1.22 bits per heavy atom. The van der Waals surface area contributed by atoms with Crippen LogP contribution in [-0.4, -0.2) is 51.8 Å². The first-order valence-electron chi connectivity index (χ1n) is 11.3. The Kier molecular flexibility index (Phi) is 5.52. The molecule has 0 unspecified atom stereocenters. The number of hydrogen-bond acceptors (Lipinski definition) is 8. The van der Waals surface area contributed by atoms with Gasteiger partial charge in [0.05, 0.1) is 47.0 Å². The van der Waals surface area contributed by atoms with Crippen molar-refractivity contribution >= 4 is 11.6 Å². The van der Waals surface area contributed by atoms with Crippen molar-refractivity contribution in [3.05, 3.63) is 81.9 Å². The van der Waals surface area contributed by atoms with E-state index in [1.54, 1.807) is 36.2 Å². The number of aromatic nitrogens is 9. The molecule has 6 rings (SSSR count). The summed E-state index contributed by atoms with van der Waals surface area (Å²) < 4.78 is 23.4. The Balaban J connectivity index is 1.43. The van der Waals surface area contributed by atoms with Gasteiger partial charge >= 0.3 is 0 Å². The standard InChI is InChI=1S/C24H19ClFN9O2/c1-12-7-18(23-28-10-16(30-23)13-5-6-27-19(8-13)37-2)35-20(36)9-15(31-24(12)35)21-17(34-11-29-32-33-34)4-3-14(25)22(21)26/h3-6,8-12,18H,7H2,1-2H3,(H,28,30)/t12-,18-/m0/s1. The first-order chi connectivity index (χ1) is 17.9. The van der Waals surface area contributed by atoms with Crippen LogP contribution in [0.4, 0.5) is 4.39 Å². The molecule has 4 aromatic heterocycles. The molecule has 37 heavy (non-hydrogen) atoms. The maximum Gasteiger partial charge on any atom is 0.254 e. The van der Waals surface area contributed by atoms with Crippen LogP contribution in [0.25, 0.3) is 28.2 Å². The van der Waals surface area contributed by atoms with E-state index in [1.807, 2.05) is 13.0 Å². The molecule has 0 amide bonds. The second kappa shape index (κ2) is 8.89. The zero-order chi connectivity index (χ0) is 25.7. The Hall–Kier alpha value is -4.45. The quantitative estimate of drug-likeness (QED) is 0.373. The fourth-order valence-corrected chi connectivity index (χ4v) is 4.82. The SMILES string of the molecule is COc1cc(-c2cnc([C@@H]3C[C@H](C)c4nc(-c5c(-n6cnnn6)ccc(Cl)c5F)cc(=O)n43)[nH]2)ccn1. The molecule has 0 radical (unpaired) electrons. The summed E-state index contributed by atoms with van der Waals surface area (Å²) in [5, 5.41) is 11.0. The summed E-state index contributed by atoms with van der Waals surface area (Å²) in [4.78, 5) is 30.2. The van der Waals surface area contributed by atoms with Gasteiger partial charge in [0.25, 0.3) is 5.56 Å². The Morgan fingerprint density at radius 3 is 2.86 bits per heavy atom. The zero-order valence-electron chi connectivity index (χ0n) is 19.6. The topological polar surface area (TPSA) is 129 Å². The highest BCUT2D eigenvalue weighted by molar-refractivity contribution is 6.31. The van der Waals surface area contributed by atoms with Crippen LogP contribution < -0.4 is 10.3 Å². The maximum atomic E-state index is 15.3. The summed E-state index contributed by atoms with van der Waals surface area (Å²) >= 11 is 6.09. The van der Waals surface area contributed by atoms with E-state index in [1.165, 1.54) is 23.1 Å². The minimum Gasteiger partial charge on any atom is -0.481 e. The highest BCUT2D eigenvalue weighted by atomic mass is 35.5. The number of hydrogen-bond donors (Lipinski definition) is 1. The molecular formula is C24H19ClFN9O2. The van der Waals surface area contributed by atoms with Gasteiger partial charge in [-0.15, -0.1) is 5.10 Å². The number of H-pyrrole nitrogens is 1. The van der Waals surface area contributed by atoms with Gasteiger partial charge in [0, 0.05) is 29.8 Å². The summed E-state index contributed by atoms with van der Waals surface area (Å²) in [6.45, 7) is 1.97. The van der Waals surface area contributed by atoms with E-state index in [4.69, 9.17) is 21.3 Å². The van der Waals surface area contributed by atoms with Crippen molar-refractivity contribution in [2.75, 3.05) is 7.11 Å². The third-order valence-electron chi connectivity index (χ3n) is 6.40. The van der Waals surface area contributed by atoms with Crippen LogP contribution in [0.2, 0.25) is 5.02 Å². The Labute approximate surface area is 214 Å². The average molecular weight is 520 g/mol. The summed E-state index contributed by atoms with van der Waals surface area (Å²) in [6.07, 6.45) is 5.28. The number of aromatic amines is 1. The van der Waals surface area contributed by atoms with Crippen molar-refractivity contribution in [1.29, 1.82) is 0 Å². The summed E-state index contributed by atoms with van der Waals surface area (Å²) in [6, 6.07) is 7.56. The number of imidazole rings is 1. The number of halogens is 2. The number of fused-ring (bicyclic) bond motifs is 1. The minimum atomic E-state index is -0.711. The second-order valence-corrected chi connectivity index (χ2v) is 9.05. The van der Waals surface area contributed by atoms with Crippen molar-refractivity contribution in [3.8, 4) is 34.1 Å². The van der Waals surface area contributed by atoms with Gasteiger partial charge in [-0.2, -0.15) is 4.68 Å². The van der Waals surface area contributed by atoms with Crippen LogP contribution in [-0.2, 0) is 0 Å². The van der Waals surface area contributed by atoms with Gasteiger partial charge < -0.3 is 9.72 Å². The Morgan fingerprint density at radius 2 is 2.08 bits per heavy atom. The third-order valence-corrected chi connectivity index (χ3v) is 6.69. The van der Waals surface area contributed by atoms with Crippen molar-refractivity contribution < 1.29 is 9.13 Å². The van der Waals surface area contributed by atoms with Gasteiger partial charge in [-0.3, -0.25) is 9.36 Å². The second-order valence-electron chi connectivity index (χ2n) is 8.64. The molecule has 1 aliphatic heterocycles. The highest BCUT2D eigenvalue weighted by Gasteiger charge is 2.34. The van der Waals surface area contributed by atoms with Crippen LogP contribution in [0.5, 0.6) is 5.88 Å². The predicted molar refractivity (Wildman–Crippen MR) is 131 cm³/mol. The molecule has 186 valence electrons. The summed E-state index contributed by atoms with van der Waals surface area (Å²) in [7, 11) is 1.55. The predicted octanol–water partition coefficient (Wildman–Crippen LogP) is 3.57. The molecule has 5 aromatic rings. The Bertz CT molecular complexity index is 1680. The first-order valence-corrected chi connectivity index (χ1v) is 11.7. The molecule has 11 nitrogen and oxygen atoms in total. The number of ether oxygens (including phenoxy) is 1. The smallest absolute Gasteiger partial charge is 0.254 e. The normalized spacial score (nSPS) is 16.6. The molecule has 5 heterocycles. The van der Waals surface area contributed by atoms with Crippen LogP contribution in [0.3, 0.4) is 0 Å². The molecule has 0 aliphatic carbocycles. The van der Waals surface area contributed by atoms with E-state index in [-0.39, 0.29) is 33.8 Å². The van der Waals surface area contributed by atoms with Crippen molar-refractivity contribution in [3.63, 3.8) is 0 Å². The van der Waals surface area contributed by atoms with E-state index < -0.39 is 5.82 Å². The van der Waals surface area contributed by atoms with E-state index in [9.17, 15) is 4.79 Å². The molecule has 0 bridgehead atoms. The number of rotatable bonds is 5. The molecule has 0 fully saturated rings. The molecule has 1 aliphatic rings. The third kappa shape index (κ3) is 3.85. The summed E-state index contributed by atoms with van der Waals surface area (Å²) in [5.41, 5.74) is 1.79. The molecule has 0 spiro atoms. The van der Waals surface area contributed by atoms with Crippen LogP contribution in [0.15, 0.2) is 53.8 Å². The fourth-order valence-electron chi connectivity index (χ4n) is 4.67. The van der Waals surface area contributed by atoms with Crippen molar-refractivity contribution in [2.24, 2.45) is 0 Å². The van der Waals surface area contributed by atoms with Gasteiger partial charge in [0.15, 0.2) is 5.82 Å². The van der Waals surface area contributed by atoms with Crippen molar-refractivity contribution in [2.45, 2.75) is 25.3 Å². The average Bonchev–Trinajstić information content (AvgIpc) is 3.66. The fraction of sp³-hybridized carbons (Fsp3) is 0.208. The lowest BCUT2D eigenvalue weighted by atomic mass is 10.1. The maximum absolute atomic E-state index is 15.3. The van der Waals surface area contributed by atoms with E-state index in [0.717, 1.165) is 11.3 Å². The number of tetrazole rings is 1. The van der Waals surface area contributed by atoms with Crippen LogP contribution in [0.1, 0.15) is 37.0 Å². The van der Waals surface area contributed by atoms with Gasteiger partial charge in [-0.05, 0) is 35.0 Å². The highest BCUT2D eigenvalue weighted by Crippen LogP contribution is 2.39. The monoisotopic (exact) mass is 519 g/mol. The van der Waals surface area contributed by atoms with Crippen LogP contribution >= 0.6 is 11.6 Å². The molecule has 2 atom stereocenters. The molecule has 1 aromatic carbocycles. The lowest BCUT2D eigenvalue weighted by molar-refractivity contribution is 0.398. The lowest BCUT2D eigenvalue weighted by Crippen LogP contribution is -2.25. The molecule has 13 heteroatoms. The molecule has 0 saturated carbocycles. The van der Waals surface area contributed by atoms with Gasteiger partial charge in [-0.25, -0.2) is 19.3 Å². The molecule has 1 N–H and O–H groups in total. The van der Waals surface area contributed by atoms with Crippen molar-refractivity contribution in [1.82, 2.24) is 44.7 Å². The van der Waals surface area contributed by atoms with E-state index in [2.05, 4.69) is 30.5 Å². The minimum absolute atomic E-state index is 0.0443. The number of methoxy groups -OCH3 is 1. The summed E-state index contributed by atoms with van der Waals surface area (Å²) in [5.74, 6) is 0.827. The molecular weight excluding hydrogens is 501 g/mol. The van der Waals surface area contributed by atoms with Gasteiger partial charge in [0.2, 0.25) is 5.88 Å². The van der Waals surface area contributed by atoms with Gasteiger partial charge in [0.1, 0.15) is 18.0 Å². The number of nitrogens with one attached hydrogen (secondary N) is 1.